The van der Waals surface area contributed by atoms with Crippen molar-refractivity contribution in [1.82, 2.24) is 5.32 Å². The maximum Gasteiger partial charge on any atom is 0.325 e. The molecule has 0 saturated carbocycles. The van der Waals surface area contributed by atoms with Gasteiger partial charge in [-0.3, -0.25) is 4.79 Å². The molecule has 0 fully saturated rings. The monoisotopic (exact) mass is 239 g/mol. The zero-order chi connectivity index (χ0) is 12.4. The summed E-state index contributed by atoms with van der Waals surface area (Å²) >= 11 is 0. The normalized spacial score (nSPS) is 14.5. The molecule has 1 aliphatic heterocycles. The van der Waals surface area contributed by atoms with Crippen LogP contribution in [0.15, 0.2) is 12.1 Å². The van der Waals surface area contributed by atoms with Crippen molar-refractivity contribution in [1.29, 1.82) is 0 Å². The summed E-state index contributed by atoms with van der Waals surface area (Å²) in [6.07, 6.45) is 0. The van der Waals surface area contributed by atoms with Crippen LogP contribution >= 0.6 is 0 Å². The van der Waals surface area contributed by atoms with Crippen molar-refractivity contribution < 1.29 is 24.1 Å². The molecule has 1 aliphatic rings. The van der Waals surface area contributed by atoms with Crippen LogP contribution in [0.1, 0.15) is 11.6 Å². The van der Waals surface area contributed by atoms with Crippen molar-refractivity contribution in [2.75, 3.05) is 21.0 Å². The number of rotatable bonds is 4. The molecule has 0 amide bonds. The zero-order valence-corrected chi connectivity index (χ0v) is 9.52. The third-order valence-electron chi connectivity index (χ3n) is 2.55. The number of hydrogen-bond acceptors (Lipinski definition) is 5. The quantitative estimate of drug-likeness (QED) is 0.808. The van der Waals surface area contributed by atoms with E-state index in [4.69, 9.17) is 19.3 Å². The third kappa shape index (κ3) is 1.99. The molecule has 0 spiro atoms. The Hall–Kier alpha value is -1.95. The number of fused-ring (bicyclic) bond motifs is 1. The van der Waals surface area contributed by atoms with E-state index in [0.29, 0.717) is 22.8 Å². The Morgan fingerprint density at radius 3 is 2.88 bits per heavy atom. The fourth-order valence-electron chi connectivity index (χ4n) is 1.75. The summed E-state index contributed by atoms with van der Waals surface area (Å²) in [6, 6.07) is 2.46. The van der Waals surface area contributed by atoms with Gasteiger partial charge in [-0.15, -0.1) is 0 Å². The number of carboxylic acids is 1. The van der Waals surface area contributed by atoms with Gasteiger partial charge in [-0.25, -0.2) is 0 Å². The lowest BCUT2D eigenvalue weighted by atomic mass is 10.1. The van der Waals surface area contributed by atoms with Crippen molar-refractivity contribution in [3.63, 3.8) is 0 Å². The van der Waals surface area contributed by atoms with Gasteiger partial charge in [-0.2, -0.15) is 0 Å². The second-order valence-corrected chi connectivity index (χ2v) is 3.52. The van der Waals surface area contributed by atoms with Crippen molar-refractivity contribution in [3.8, 4) is 17.2 Å². The van der Waals surface area contributed by atoms with E-state index in [2.05, 4.69) is 5.32 Å². The number of carbonyl (C=O) groups is 1. The Morgan fingerprint density at radius 1 is 1.53 bits per heavy atom. The average molecular weight is 239 g/mol. The molecule has 2 N–H and O–H groups in total. The first-order chi connectivity index (χ1) is 8.17. The van der Waals surface area contributed by atoms with Gasteiger partial charge in [0, 0.05) is 0 Å². The smallest absolute Gasteiger partial charge is 0.325 e. The van der Waals surface area contributed by atoms with Gasteiger partial charge in [0.1, 0.15) is 6.04 Å². The average Bonchev–Trinajstić information content (AvgIpc) is 2.76. The molecule has 1 atom stereocenters. The topological polar surface area (TPSA) is 77.0 Å². The fourth-order valence-corrected chi connectivity index (χ4v) is 1.75. The number of benzene rings is 1. The summed E-state index contributed by atoms with van der Waals surface area (Å²) in [5, 5.41) is 11.8. The van der Waals surface area contributed by atoms with Crippen LogP contribution < -0.4 is 19.5 Å². The zero-order valence-electron chi connectivity index (χ0n) is 9.52. The highest BCUT2D eigenvalue weighted by Crippen LogP contribution is 2.42. The maximum atomic E-state index is 11.1. The summed E-state index contributed by atoms with van der Waals surface area (Å²) < 4.78 is 15.6. The van der Waals surface area contributed by atoms with E-state index in [-0.39, 0.29) is 6.79 Å². The highest BCUT2D eigenvalue weighted by atomic mass is 16.7. The standard InChI is InChI=1S/C11H13NO5/c1-12-9(11(13)14)6-3-7(15-2)10-8(4-6)16-5-17-10/h3-4,9,12H,5H2,1-2H3,(H,13,14). The van der Waals surface area contributed by atoms with E-state index in [0.717, 1.165) is 0 Å². The van der Waals surface area contributed by atoms with Gasteiger partial charge >= 0.3 is 5.97 Å². The maximum absolute atomic E-state index is 11.1. The molecule has 0 bridgehead atoms. The predicted molar refractivity (Wildman–Crippen MR) is 58.6 cm³/mol. The molecule has 6 nitrogen and oxygen atoms in total. The van der Waals surface area contributed by atoms with Crippen LogP contribution in [0.2, 0.25) is 0 Å². The molecule has 92 valence electrons. The number of methoxy groups -OCH3 is 1. The lowest BCUT2D eigenvalue weighted by molar-refractivity contribution is -0.139. The molecule has 1 aromatic carbocycles. The van der Waals surface area contributed by atoms with Gasteiger partial charge in [0.2, 0.25) is 12.5 Å². The Bertz CT molecular complexity index is 446. The molecule has 0 radical (unpaired) electrons. The van der Waals surface area contributed by atoms with Gasteiger partial charge in [0.25, 0.3) is 0 Å². The molecule has 0 aromatic heterocycles. The third-order valence-corrected chi connectivity index (χ3v) is 2.55. The number of aliphatic carboxylic acids is 1. The van der Waals surface area contributed by atoms with Gasteiger partial charge in [-0.05, 0) is 24.7 Å². The summed E-state index contributed by atoms with van der Waals surface area (Å²) in [5.41, 5.74) is 0.557. The van der Waals surface area contributed by atoms with Gasteiger partial charge in [-0.1, -0.05) is 0 Å². The molecule has 0 saturated heterocycles. The molecular formula is C11H13NO5. The minimum atomic E-state index is -0.964. The van der Waals surface area contributed by atoms with Crippen LogP contribution in [0.5, 0.6) is 17.2 Å². The number of carboxylic acid groups (broad SMARTS) is 1. The summed E-state index contributed by atoms with van der Waals surface area (Å²) in [4.78, 5) is 11.1. The molecular weight excluding hydrogens is 226 g/mol. The second kappa shape index (κ2) is 4.50. The molecule has 1 aromatic rings. The van der Waals surface area contributed by atoms with E-state index < -0.39 is 12.0 Å². The highest BCUT2D eigenvalue weighted by molar-refractivity contribution is 5.76. The Labute approximate surface area is 98.1 Å². The van der Waals surface area contributed by atoms with Gasteiger partial charge < -0.3 is 24.6 Å². The number of nitrogens with one attached hydrogen (secondary N) is 1. The summed E-state index contributed by atoms with van der Waals surface area (Å²) in [5.74, 6) is 0.516. The van der Waals surface area contributed by atoms with Gasteiger partial charge in [0.05, 0.1) is 7.11 Å². The minimum Gasteiger partial charge on any atom is -0.493 e. The summed E-state index contributed by atoms with van der Waals surface area (Å²) in [7, 11) is 3.08. The minimum absolute atomic E-state index is 0.117. The van der Waals surface area contributed by atoms with Gasteiger partial charge in [0.15, 0.2) is 11.5 Å². The van der Waals surface area contributed by atoms with Crippen LogP contribution in [0.25, 0.3) is 0 Å². The Morgan fingerprint density at radius 2 is 2.29 bits per heavy atom. The second-order valence-electron chi connectivity index (χ2n) is 3.52. The predicted octanol–water partition coefficient (Wildman–Crippen LogP) is 0.769. The van der Waals surface area contributed by atoms with Crippen LogP contribution in [0.3, 0.4) is 0 Å². The fraction of sp³-hybridized carbons (Fsp3) is 0.364. The Kier molecular flexibility index (Phi) is 3.06. The van der Waals surface area contributed by atoms with Crippen LogP contribution in [0, 0.1) is 0 Å². The highest BCUT2D eigenvalue weighted by Gasteiger charge is 2.25. The van der Waals surface area contributed by atoms with Crippen LogP contribution in [0.4, 0.5) is 0 Å². The van der Waals surface area contributed by atoms with E-state index >= 15 is 0 Å². The summed E-state index contributed by atoms with van der Waals surface area (Å²) in [6.45, 7) is 0.117. The molecule has 6 heteroatoms. The van der Waals surface area contributed by atoms with E-state index in [1.807, 2.05) is 0 Å². The van der Waals surface area contributed by atoms with Crippen LogP contribution in [-0.4, -0.2) is 32.0 Å². The number of likely N-dealkylation sites (N-methyl/N-ethyl adjacent to an activating group) is 1. The first-order valence-electron chi connectivity index (χ1n) is 5.05. The first-order valence-corrected chi connectivity index (χ1v) is 5.05. The Balaban J connectivity index is 2.45. The number of ether oxygens (including phenoxy) is 3. The molecule has 1 unspecified atom stereocenters. The van der Waals surface area contributed by atoms with E-state index in [1.54, 1.807) is 19.2 Å². The first kappa shape index (κ1) is 11.5. The van der Waals surface area contributed by atoms with Crippen LogP contribution in [-0.2, 0) is 4.79 Å². The van der Waals surface area contributed by atoms with Crippen molar-refractivity contribution in [2.24, 2.45) is 0 Å². The molecule has 17 heavy (non-hydrogen) atoms. The van der Waals surface area contributed by atoms with Crippen molar-refractivity contribution in [2.45, 2.75) is 6.04 Å². The largest absolute Gasteiger partial charge is 0.493 e. The van der Waals surface area contributed by atoms with Crippen molar-refractivity contribution >= 4 is 5.97 Å². The van der Waals surface area contributed by atoms with Crippen molar-refractivity contribution in [3.05, 3.63) is 17.7 Å². The van der Waals surface area contributed by atoms with E-state index in [9.17, 15) is 4.79 Å². The number of hydrogen-bond donors (Lipinski definition) is 2. The lowest BCUT2D eigenvalue weighted by Gasteiger charge is -2.14. The van der Waals surface area contributed by atoms with E-state index in [1.165, 1.54) is 7.11 Å². The SMILES string of the molecule is CNC(C(=O)O)c1cc(OC)c2c(c1)OCO2. The lowest BCUT2D eigenvalue weighted by Crippen LogP contribution is -2.24. The molecule has 2 rings (SSSR count). The molecule has 1 heterocycles. The molecule has 0 aliphatic carbocycles.